The van der Waals surface area contributed by atoms with Crippen LogP contribution in [0.2, 0.25) is 0 Å². The van der Waals surface area contributed by atoms with Crippen molar-refractivity contribution >= 4 is 5.95 Å². The lowest BCUT2D eigenvalue weighted by atomic mass is 10.5. The van der Waals surface area contributed by atoms with Gasteiger partial charge in [-0.05, 0) is 6.92 Å². The maximum atomic E-state index is 5.57. The molecule has 0 unspecified atom stereocenters. The van der Waals surface area contributed by atoms with Gasteiger partial charge in [0.1, 0.15) is 0 Å². The highest BCUT2D eigenvalue weighted by Gasteiger charge is 2.09. The average Bonchev–Trinajstić information content (AvgIpc) is 2.35. The van der Waals surface area contributed by atoms with E-state index < -0.39 is 0 Å². The molecule has 0 atom stereocenters. The van der Waals surface area contributed by atoms with Gasteiger partial charge in [0.2, 0.25) is 11.8 Å². The summed E-state index contributed by atoms with van der Waals surface area (Å²) in [6.45, 7) is 5.08. The number of nitrogens with two attached hydrogens (primary N) is 1. The summed E-state index contributed by atoms with van der Waals surface area (Å²) in [7, 11) is 1.66. The van der Waals surface area contributed by atoms with Gasteiger partial charge < -0.3 is 20.1 Å². The molecule has 0 saturated carbocycles. The predicted octanol–water partition coefficient (Wildman–Crippen LogP) is 0.287. The number of rotatable bonds is 8. The van der Waals surface area contributed by atoms with Crippen LogP contribution in [0.4, 0.5) is 5.95 Å². The van der Waals surface area contributed by atoms with Gasteiger partial charge in [0.05, 0.1) is 13.2 Å². The molecule has 0 saturated heterocycles. The van der Waals surface area contributed by atoms with Gasteiger partial charge in [-0.2, -0.15) is 4.98 Å². The largest absolute Gasteiger partial charge is 0.478 e. The molecule has 0 fully saturated rings. The van der Waals surface area contributed by atoms with Gasteiger partial charge >= 0.3 is 0 Å². The van der Waals surface area contributed by atoms with Crippen molar-refractivity contribution in [3.8, 4) is 5.88 Å². The Labute approximate surface area is 102 Å². The number of ether oxygens (including phenoxy) is 2. The van der Waals surface area contributed by atoms with Gasteiger partial charge in [-0.15, -0.1) is 0 Å². The first-order chi connectivity index (χ1) is 8.31. The number of nitrogens with zero attached hydrogens (tertiary/aromatic N) is 3. The second-order valence-electron chi connectivity index (χ2n) is 3.40. The zero-order valence-electron chi connectivity index (χ0n) is 10.4. The number of aromatic nitrogens is 2. The van der Waals surface area contributed by atoms with Crippen LogP contribution >= 0.6 is 0 Å². The number of anilines is 1. The van der Waals surface area contributed by atoms with Crippen molar-refractivity contribution in [1.82, 2.24) is 9.97 Å². The summed E-state index contributed by atoms with van der Waals surface area (Å²) in [4.78, 5) is 10.5. The Bertz CT molecular complexity index is 322. The minimum absolute atomic E-state index is 0.548. The zero-order valence-corrected chi connectivity index (χ0v) is 10.4. The van der Waals surface area contributed by atoms with E-state index in [1.807, 2.05) is 11.8 Å². The van der Waals surface area contributed by atoms with E-state index in [4.69, 9.17) is 15.2 Å². The van der Waals surface area contributed by atoms with Crippen molar-refractivity contribution < 1.29 is 9.47 Å². The van der Waals surface area contributed by atoms with Gasteiger partial charge in [-0.3, -0.25) is 0 Å². The van der Waals surface area contributed by atoms with Gasteiger partial charge in [-0.25, -0.2) is 4.98 Å². The second kappa shape index (κ2) is 7.81. The standard InChI is InChI=1S/C11H20N4O2/c1-3-17-10-4-6-13-11(14-10)15(7-5-12)8-9-16-2/h4,6H,3,5,7-9,12H2,1-2H3. The number of hydrogen-bond acceptors (Lipinski definition) is 6. The van der Waals surface area contributed by atoms with E-state index in [1.165, 1.54) is 0 Å². The van der Waals surface area contributed by atoms with Crippen LogP contribution in [0.3, 0.4) is 0 Å². The summed E-state index contributed by atoms with van der Waals surface area (Å²) >= 11 is 0. The third-order valence-electron chi connectivity index (χ3n) is 2.16. The van der Waals surface area contributed by atoms with Crippen molar-refractivity contribution in [2.24, 2.45) is 5.73 Å². The molecular weight excluding hydrogens is 220 g/mol. The van der Waals surface area contributed by atoms with E-state index in [2.05, 4.69) is 9.97 Å². The smallest absolute Gasteiger partial charge is 0.228 e. The molecule has 6 heteroatoms. The van der Waals surface area contributed by atoms with E-state index in [0.717, 1.165) is 0 Å². The normalized spacial score (nSPS) is 10.3. The topological polar surface area (TPSA) is 73.5 Å². The van der Waals surface area contributed by atoms with Crippen molar-refractivity contribution in [1.29, 1.82) is 0 Å². The molecule has 0 bridgehead atoms. The molecule has 6 nitrogen and oxygen atoms in total. The van der Waals surface area contributed by atoms with Crippen LogP contribution in [-0.2, 0) is 4.74 Å². The number of methoxy groups -OCH3 is 1. The van der Waals surface area contributed by atoms with Crippen LogP contribution in [0, 0.1) is 0 Å². The summed E-state index contributed by atoms with van der Waals surface area (Å²) in [5.74, 6) is 1.20. The fourth-order valence-electron chi connectivity index (χ4n) is 1.38. The van der Waals surface area contributed by atoms with Gasteiger partial charge in [0.15, 0.2) is 0 Å². The van der Waals surface area contributed by atoms with Crippen LogP contribution in [-0.4, -0.2) is 49.9 Å². The van der Waals surface area contributed by atoms with E-state index in [1.54, 1.807) is 19.4 Å². The molecule has 0 amide bonds. The molecule has 0 aliphatic carbocycles. The lowest BCUT2D eigenvalue weighted by molar-refractivity contribution is 0.205. The Balaban J connectivity index is 2.73. The summed E-state index contributed by atoms with van der Waals surface area (Å²) in [6, 6.07) is 1.74. The molecular formula is C11H20N4O2. The third-order valence-corrected chi connectivity index (χ3v) is 2.16. The highest BCUT2D eigenvalue weighted by molar-refractivity contribution is 5.31. The van der Waals surface area contributed by atoms with Gasteiger partial charge in [0, 0.05) is 39.0 Å². The molecule has 0 radical (unpaired) electrons. The Morgan fingerprint density at radius 3 is 2.88 bits per heavy atom. The van der Waals surface area contributed by atoms with E-state index in [9.17, 15) is 0 Å². The summed E-state index contributed by atoms with van der Waals surface area (Å²) in [5.41, 5.74) is 5.57. The molecule has 17 heavy (non-hydrogen) atoms. The predicted molar refractivity (Wildman–Crippen MR) is 66.3 cm³/mol. The molecule has 0 spiro atoms. The second-order valence-corrected chi connectivity index (χ2v) is 3.40. The lowest BCUT2D eigenvalue weighted by Gasteiger charge is -2.21. The molecule has 1 aromatic heterocycles. The van der Waals surface area contributed by atoms with Crippen molar-refractivity contribution in [3.05, 3.63) is 12.3 Å². The van der Waals surface area contributed by atoms with Crippen molar-refractivity contribution in [3.63, 3.8) is 0 Å². The minimum atomic E-state index is 0.548. The van der Waals surface area contributed by atoms with Gasteiger partial charge in [-0.1, -0.05) is 0 Å². The van der Waals surface area contributed by atoms with Gasteiger partial charge in [0.25, 0.3) is 0 Å². The first-order valence-electron chi connectivity index (χ1n) is 5.71. The minimum Gasteiger partial charge on any atom is -0.478 e. The highest BCUT2D eigenvalue weighted by atomic mass is 16.5. The van der Waals surface area contributed by atoms with E-state index in [-0.39, 0.29) is 0 Å². The fourth-order valence-corrected chi connectivity index (χ4v) is 1.38. The molecule has 0 aliphatic heterocycles. The van der Waals surface area contributed by atoms with Crippen molar-refractivity contribution in [2.75, 3.05) is 44.9 Å². The van der Waals surface area contributed by atoms with Crippen LogP contribution in [0.25, 0.3) is 0 Å². The van der Waals surface area contributed by atoms with Crippen LogP contribution in [0.1, 0.15) is 6.92 Å². The Morgan fingerprint density at radius 1 is 1.41 bits per heavy atom. The first kappa shape index (κ1) is 13.7. The summed E-state index contributed by atoms with van der Waals surface area (Å²) < 4.78 is 10.4. The summed E-state index contributed by atoms with van der Waals surface area (Å²) in [5, 5.41) is 0. The molecule has 2 N–H and O–H groups in total. The van der Waals surface area contributed by atoms with Crippen LogP contribution < -0.4 is 15.4 Å². The quantitative estimate of drug-likeness (QED) is 0.704. The number of hydrogen-bond donors (Lipinski definition) is 1. The Morgan fingerprint density at radius 2 is 2.24 bits per heavy atom. The molecule has 0 aromatic carbocycles. The SMILES string of the molecule is CCOc1ccnc(N(CCN)CCOC)n1. The van der Waals surface area contributed by atoms with E-state index >= 15 is 0 Å². The lowest BCUT2D eigenvalue weighted by Crippen LogP contribution is -2.33. The maximum Gasteiger partial charge on any atom is 0.228 e. The molecule has 96 valence electrons. The van der Waals surface area contributed by atoms with Crippen molar-refractivity contribution in [2.45, 2.75) is 6.92 Å². The fraction of sp³-hybridized carbons (Fsp3) is 0.636. The summed E-state index contributed by atoms with van der Waals surface area (Å²) in [6.07, 6.45) is 1.68. The molecule has 1 rings (SSSR count). The van der Waals surface area contributed by atoms with Crippen LogP contribution in [0.15, 0.2) is 12.3 Å². The highest BCUT2D eigenvalue weighted by Crippen LogP contribution is 2.12. The molecule has 1 aromatic rings. The Hall–Kier alpha value is -1.40. The monoisotopic (exact) mass is 240 g/mol. The zero-order chi connectivity index (χ0) is 12.5. The first-order valence-corrected chi connectivity index (χ1v) is 5.71. The molecule has 0 aliphatic rings. The average molecular weight is 240 g/mol. The van der Waals surface area contributed by atoms with Crippen LogP contribution in [0.5, 0.6) is 5.88 Å². The maximum absolute atomic E-state index is 5.57. The van der Waals surface area contributed by atoms with E-state index in [0.29, 0.717) is 44.7 Å². The Kier molecular flexibility index (Phi) is 6.27. The molecule has 1 heterocycles. The third kappa shape index (κ3) is 4.54.